The minimum absolute atomic E-state index is 0.0412. The summed E-state index contributed by atoms with van der Waals surface area (Å²) >= 11 is 1.10. The van der Waals surface area contributed by atoms with Crippen LogP contribution in [0.4, 0.5) is 10.1 Å². The minimum atomic E-state index is -0.470. The van der Waals surface area contributed by atoms with Crippen molar-refractivity contribution in [1.29, 1.82) is 0 Å². The van der Waals surface area contributed by atoms with Crippen LogP contribution in [-0.2, 0) is 4.79 Å². The van der Waals surface area contributed by atoms with Crippen LogP contribution in [0, 0.1) is 17.9 Å². The van der Waals surface area contributed by atoms with Gasteiger partial charge in [0.05, 0.1) is 11.4 Å². The molecule has 0 radical (unpaired) electrons. The Labute approximate surface area is 120 Å². The Morgan fingerprint density at radius 3 is 2.90 bits per heavy atom. The molecule has 6 heteroatoms. The van der Waals surface area contributed by atoms with E-state index in [0.717, 1.165) is 17.3 Å². The van der Waals surface area contributed by atoms with Crippen molar-refractivity contribution in [2.24, 2.45) is 0 Å². The zero-order valence-corrected chi connectivity index (χ0v) is 11.6. The van der Waals surface area contributed by atoms with Gasteiger partial charge in [0.15, 0.2) is 6.20 Å². The van der Waals surface area contributed by atoms with Gasteiger partial charge in [-0.3, -0.25) is 4.79 Å². The van der Waals surface area contributed by atoms with Crippen LogP contribution in [-0.4, -0.2) is 11.7 Å². The van der Waals surface area contributed by atoms with E-state index in [2.05, 4.69) is 5.32 Å². The molecule has 0 saturated heterocycles. The number of thioether (sulfide) groups is 1. The number of anilines is 1. The van der Waals surface area contributed by atoms with Crippen molar-refractivity contribution in [3.05, 3.63) is 59.2 Å². The van der Waals surface area contributed by atoms with Crippen LogP contribution in [0.5, 0.6) is 0 Å². The number of amides is 1. The second-order valence-corrected chi connectivity index (χ2v) is 5.18. The highest BCUT2D eigenvalue weighted by Crippen LogP contribution is 2.17. The number of rotatable bonds is 4. The first-order valence-corrected chi connectivity index (χ1v) is 6.92. The smallest absolute Gasteiger partial charge is 0.251 e. The van der Waals surface area contributed by atoms with E-state index in [-0.39, 0.29) is 17.3 Å². The van der Waals surface area contributed by atoms with E-state index >= 15 is 0 Å². The number of carbonyl (C=O) groups is 1. The highest BCUT2D eigenvalue weighted by Gasteiger charge is 2.11. The summed E-state index contributed by atoms with van der Waals surface area (Å²) in [4.78, 5) is 11.7. The summed E-state index contributed by atoms with van der Waals surface area (Å²) in [5.41, 5.74) is 0.927. The molecule has 1 heterocycles. The van der Waals surface area contributed by atoms with Gasteiger partial charge in [-0.25, -0.2) is 4.39 Å². The lowest BCUT2D eigenvalue weighted by Crippen LogP contribution is -2.28. The zero-order chi connectivity index (χ0) is 14.5. The Hall–Kier alpha value is -2.08. The van der Waals surface area contributed by atoms with Crippen LogP contribution in [0.1, 0.15) is 5.56 Å². The maximum Gasteiger partial charge on any atom is 0.251 e. The number of aryl methyl sites for hydroxylation is 1. The van der Waals surface area contributed by atoms with E-state index in [1.807, 2.05) is 0 Å². The van der Waals surface area contributed by atoms with Gasteiger partial charge >= 0.3 is 0 Å². The van der Waals surface area contributed by atoms with E-state index in [0.29, 0.717) is 9.76 Å². The highest BCUT2D eigenvalue weighted by atomic mass is 32.2. The molecule has 0 aliphatic carbocycles. The predicted octanol–water partition coefficient (Wildman–Crippen LogP) is 2.50. The van der Waals surface area contributed by atoms with E-state index in [1.165, 1.54) is 18.3 Å². The van der Waals surface area contributed by atoms with Crippen molar-refractivity contribution < 1.29 is 13.9 Å². The summed E-state index contributed by atoms with van der Waals surface area (Å²) in [6, 6.07) is 9.54. The molecule has 0 bridgehead atoms. The standard InChI is InChI=1S/C14H13FN2O2S/c1-10-5-6-12(11(15)8-10)16-13(18)9-20-14-4-2-3-7-17(14)19/h2-8H,9H2,1H3,(H,16,18). The lowest BCUT2D eigenvalue weighted by Gasteiger charge is -2.07. The fourth-order valence-electron chi connectivity index (χ4n) is 1.57. The number of nitrogens with one attached hydrogen (secondary N) is 1. The molecule has 0 aliphatic rings. The van der Waals surface area contributed by atoms with Crippen molar-refractivity contribution in [3.8, 4) is 0 Å². The molecule has 104 valence electrons. The number of nitrogens with zero attached hydrogens (tertiary/aromatic N) is 1. The normalized spacial score (nSPS) is 10.3. The number of pyridine rings is 1. The maximum absolute atomic E-state index is 13.6. The van der Waals surface area contributed by atoms with Crippen LogP contribution in [0.25, 0.3) is 0 Å². The van der Waals surface area contributed by atoms with Gasteiger partial charge in [0.25, 0.3) is 5.03 Å². The van der Waals surface area contributed by atoms with Crippen LogP contribution >= 0.6 is 11.8 Å². The Morgan fingerprint density at radius 2 is 2.20 bits per heavy atom. The molecule has 1 N–H and O–H groups in total. The molecule has 0 unspecified atom stereocenters. The first-order chi connectivity index (χ1) is 9.56. The van der Waals surface area contributed by atoms with Crippen molar-refractivity contribution >= 4 is 23.4 Å². The Kier molecular flexibility index (Phi) is 4.57. The average molecular weight is 292 g/mol. The topological polar surface area (TPSA) is 56.0 Å². The van der Waals surface area contributed by atoms with Crippen molar-refractivity contribution in [2.45, 2.75) is 11.9 Å². The van der Waals surface area contributed by atoms with Crippen LogP contribution in [0.2, 0.25) is 0 Å². The molecule has 0 saturated carbocycles. The second-order valence-electron chi connectivity index (χ2n) is 4.18. The molecule has 0 aliphatic heterocycles. The number of benzene rings is 1. The Balaban J connectivity index is 1.94. The number of hydrogen-bond donors (Lipinski definition) is 1. The molecule has 1 aromatic carbocycles. The van der Waals surface area contributed by atoms with Crippen LogP contribution in [0.3, 0.4) is 0 Å². The molecular weight excluding hydrogens is 279 g/mol. The van der Waals surface area contributed by atoms with Crippen molar-refractivity contribution in [3.63, 3.8) is 0 Å². The van der Waals surface area contributed by atoms with E-state index in [9.17, 15) is 14.4 Å². The SMILES string of the molecule is Cc1ccc(NC(=O)CSc2cccc[n+]2[O-])c(F)c1. The van der Waals surface area contributed by atoms with Gasteiger partial charge in [-0.15, -0.1) is 0 Å². The van der Waals surface area contributed by atoms with Gasteiger partial charge in [-0.2, -0.15) is 4.73 Å². The quantitative estimate of drug-likeness (QED) is 0.535. The van der Waals surface area contributed by atoms with Gasteiger partial charge in [-0.05, 0) is 42.4 Å². The van der Waals surface area contributed by atoms with Crippen LogP contribution < -0.4 is 10.0 Å². The minimum Gasteiger partial charge on any atom is -0.618 e. The molecule has 0 spiro atoms. The molecule has 2 aromatic rings. The largest absolute Gasteiger partial charge is 0.618 e. The third kappa shape index (κ3) is 3.71. The van der Waals surface area contributed by atoms with Gasteiger partial charge in [0, 0.05) is 12.1 Å². The summed E-state index contributed by atoms with van der Waals surface area (Å²) in [6.07, 6.45) is 1.36. The van der Waals surface area contributed by atoms with E-state index in [4.69, 9.17) is 0 Å². The van der Waals surface area contributed by atoms with Gasteiger partial charge in [-0.1, -0.05) is 6.07 Å². The number of halogens is 1. The first-order valence-electron chi connectivity index (χ1n) is 5.93. The average Bonchev–Trinajstić information content (AvgIpc) is 2.41. The fraction of sp³-hybridized carbons (Fsp3) is 0.143. The first kappa shape index (κ1) is 14.3. The Bertz CT molecular complexity index is 634. The molecule has 4 nitrogen and oxygen atoms in total. The van der Waals surface area contributed by atoms with Crippen LogP contribution in [0.15, 0.2) is 47.6 Å². The Morgan fingerprint density at radius 1 is 1.40 bits per heavy atom. The number of carbonyl (C=O) groups excluding carboxylic acids is 1. The molecule has 1 aromatic heterocycles. The summed E-state index contributed by atoms with van der Waals surface area (Å²) in [5, 5.41) is 14.3. The number of aromatic nitrogens is 1. The molecule has 0 fully saturated rings. The third-order valence-electron chi connectivity index (χ3n) is 2.54. The van der Waals surface area contributed by atoms with E-state index in [1.54, 1.807) is 31.2 Å². The highest BCUT2D eigenvalue weighted by molar-refractivity contribution is 7.99. The molecule has 1 amide bonds. The summed E-state index contributed by atoms with van der Waals surface area (Å²) in [5.74, 6) is -0.789. The monoisotopic (exact) mass is 292 g/mol. The maximum atomic E-state index is 13.6. The lowest BCUT2D eigenvalue weighted by molar-refractivity contribution is -0.645. The van der Waals surface area contributed by atoms with Crippen molar-refractivity contribution in [1.82, 2.24) is 0 Å². The summed E-state index contributed by atoms with van der Waals surface area (Å²) in [7, 11) is 0. The van der Waals surface area contributed by atoms with Gasteiger partial charge < -0.3 is 10.5 Å². The van der Waals surface area contributed by atoms with Crippen molar-refractivity contribution in [2.75, 3.05) is 11.1 Å². The summed E-state index contributed by atoms with van der Waals surface area (Å²) < 4.78 is 14.2. The van der Waals surface area contributed by atoms with E-state index < -0.39 is 5.82 Å². The summed E-state index contributed by atoms with van der Waals surface area (Å²) in [6.45, 7) is 1.77. The third-order valence-corrected chi connectivity index (χ3v) is 3.56. The lowest BCUT2D eigenvalue weighted by atomic mass is 10.2. The zero-order valence-electron chi connectivity index (χ0n) is 10.8. The van der Waals surface area contributed by atoms with Gasteiger partial charge in [0.2, 0.25) is 5.91 Å². The molecule has 2 rings (SSSR count). The second kappa shape index (κ2) is 6.38. The molecule has 20 heavy (non-hydrogen) atoms. The predicted molar refractivity (Wildman–Crippen MR) is 75.9 cm³/mol. The number of hydrogen-bond acceptors (Lipinski definition) is 3. The fourth-order valence-corrected chi connectivity index (χ4v) is 2.29. The molecule has 0 atom stereocenters. The van der Waals surface area contributed by atoms with Gasteiger partial charge in [0.1, 0.15) is 5.82 Å². The molecular formula is C14H13FN2O2S.